The molecule has 3 aromatic rings. The molecule has 242 valence electrons. The number of amides is 1. The molecule has 1 saturated heterocycles. The minimum Gasteiger partial charge on any atom is -0.481 e. The largest absolute Gasteiger partial charge is 0.481 e. The number of aryl methyl sites for hydroxylation is 3. The number of carbonyl (C=O) groups is 4. The molecule has 3 heterocycles. The highest BCUT2D eigenvalue weighted by Crippen LogP contribution is 2.24. The van der Waals surface area contributed by atoms with Crippen LogP contribution in [0.3, 0.4) is 0 Å². The summed E-state index contributed by atoms with van der Waals surface area (Å²) in [7, 11) is 1.86. The van der Waals surface area contributed by atoms with Crippen molar-refractivity contribution in [2.24, 2.45) is 7.05 Å². The second-order valence-electron chi connectivity index (χ2n) is 11.3. The van der Waals surface area contributed by atoms with E-state index in [4.69, 9.17) is 14.9 Å². The Hall–Kier alpha value is -4.69. The Morgan fingerprint density at radius 2 is 1.84 bits per heavy atom. The number of nitrogens with one attached hydrogen (secondary N) is 1. The molecule has 1 aromatic carbocycles. The molecule has 14 nitrogen and oxygen atoms in total. The number of carbonyl (C=O) groups excluding carboxylic acids is 2. The van der Waals surface area contributed by atoms with Gasteiger partial charge in [0.2, 0.25) is 11.9 Å². The fourth-order valence-electron chi connectivity index (χ4n) is 4.72. The number of aliphatic hydroxyl groups is 1. The average Bonchev–Trinajstić information content (AvgIpc) is 3.33. The summed E-state index contributed by atoms with van der Waals surface area (Å²) in [6.07, 6.45) is 5.29. The van der Waals surface area contributed by atoms with Crippen LogP contribution >= 0.6 is 0 Å². The molecule has 0 saturated carbocycles. The molecule has 0 bridgehead atoms. The summed E-state index contributed by atoms with van der Waals surface area (Å²) in [5.74, 6) is -3.03. The van der Waals surface area contributed by atoms with Crippen LogP contribution in [0.1, 0.15) is 51.2 Å². The van der Waals surface area contributed by atoms with Crippen LogP contribution in [0.2, 0.25) is 0 Å². The van der Waals surface area contributed by atoms with E-state index in [1.807, 2.05) is 38.1 Å². The third-order valence-corrected chi connectivity index (χ3v) is 6.91. The van der Waals surface area contributed by atoms with Gasteiger partial charge in [0, 0.05) is 50.9 Å². The molecule has 0 spiro atoms. The second kappa shape index (κ2) is 15.3. The Labute approximate surface area is 261 Å². The van der Waals surface area contributed by atoms with Gasteiger partial charge in [0.15, 0.2) is 5.60 Å². The van der Waals surface area contributed by atoms with Gasteiger partial charge in [-0.05, 0) is 57.4 Å². The molecule has 1 aliphatic heterocycles. The molecule has 0 radical (unpaired) electrons. The van der Waals surface area contributed by atoms with Crippen molar-refractivity contribution >= 4 is 35.3 Å². The predicted molar refractivity (Wildman–Crippen MR) is 164 cm³/mol. The standard InChI is InChI=1S/C24H30N6O2.C7H10O6/c1-16(2)32-21-14-30(15-21)23(31)8-7-18-5-6-19(11-17(18)3)22-9-10-25-24(28-22)27-20-12-26-29(4)13-20;1-4(8)2-7(13,6(11)12)3-5(9)10/h5-6,9-13,16,21H,7-8,14-15H2,1-4H3,(H,25,27,28);13H,2-3H2,1H3,(H,9,10)(H,11,12). The number of rotatable bonds is 13. The molecular formula is C31H40N6O8. The van der Waals surface area contributed by atoms with Gasteiger partial charge in [-0.1, -0.05) is 12.1 Å². The molecule has 45 heavy (non-hydrogen) atoms. The highest BCUT2D eigenvalue weighted by molar-refractivity contribution is 5.90. The number of carboxylic acid groups (broad SMARTS) is 2. The number of aliphatic carboxylic acids is 2. The third kappa shape index (κ3) is 10.5. The van der Waals surface area contributed by atoms with Gasteiger partial charge in [-0.25, -0.2) is 14.8 Å². The van der Waals surface area contributed by atoms with Crippen LogP contribution in [0, 0.1) is 6.92 Å². The van der Waals surface area contributed by atoms with Crippen molar-refractivity contribution in [3.63, 3.8) is 0 Å². The van der Waals surface area contributed by atoms with E-state index in [9.17, 15) is 24.3 Å². The minimum atomic E-state index is -2.49. The van der Waals surface area contributed by atoms with Crippen LogP contribution < -0.4 is 5.32 Å². The van der Waals surface area contributed by atoms with Crippen molar-refractivity contribution in [1.82, 2.24) is 24.6 Å². The number of aromatic nitrogens is 4. The molecule has 1 amide bonds. The molecule has 2 aromatic heterocycles. The molecule has 1 unspecified atom stereocenters. The third-order valence-electron chi connectivity index (χ3n) is 6.91. The fraction of sp³-hybridized carbons (Fsp3) is 0.452. The van der Waals surface area contributed by atoms with E-state index >= 15 is 0 Å². The zero-order valence-corrected chi connectivity index (χ0v) is 26.1. The van der Waals surface area contributed by atoms with Gasteiger partial charge >= 0.3 is 11.9 Å². The SMILES string of the molecule is CC(=O)CC(O)(CC(=O)O)C(=O)O.Cc1cc(-c2ccnc(Nc3cnn(C)c3)n2)ccc1CCC(=O)N1CC(OC(C)C)C1. The summed E-state index contributed by atoms with van der Waals surface area (Å²) in [5, 5.41) is 33.3. The summed E-state index contributed by atoms with van der Waals surface area (Å²) in [4.78, 5) is 54.4. The minimum absolute atomic E-state index is 0.186. The highest BCUT2D eigenvalue weighted by Gasteiger charge is 2.39. The van der Waals surface area contributed by atoms with Crippen molar-refractivity contribution in [2.75, 3.05) is 18.4 Å². The van der Waals surface area contributed by atoms with Gasteiger partial charge in [0.25, 0.3) is 0 Å². The first kappa shape index (κ1) is 34.8. The molecule has 1 aliphatic rings. The molecule has 1 atom stereocenters. The van der Waals surface area contributed by atoms with Crippen LogP contribution in [0.25, 0.3) is 11.3 Å². The zero-order chi connectivity index (χ0) is 33.3. The maximum absolute atomic E-state index is 12.5. The monoisotopic (exact) mass is 624 g/mol. The molecule has 14 heteroatoms. The van der Waals surface area contributed by atoms with Crippen molar-refractivity contribution in [2.45, 2.75) is 71.2 Å². The quantitative estimate of drug-likeness (QED) is 0.217. The van der Waals surface area contributed by atoms with Crippen molar-refractivity contribution in [3.8, 4) is 11.3 Å². The second-order valence-corrected chi connectivity index (χ2v) is 11.3. The summed E-state index contributed by atoms with van der Waals surface area (Å²) < 4.78 is 7.45. The average molecular weight is 625 g/mol. The number of ketones is 1. The van der Waals surface area contributed by atoms with Gasteiger partial charge in [-0.3, -0.25) is 19.1 Å². The normalized spacial score (nSPS) is 14.2. The predicted octanol–water partition coefficient (Wildman–Crippen LogP) is 2.75. The van der Waals surface area contributed by atoms with Crippen LogP contribution in [-0.2, 0) is 37.4 Å². The fourth-order valence-corrected chi connectivity index (χ4v) is 4.72. The van der Waals surface area contributed by atoms with Crippen LogP contribution in [0.15, 0.2) is 42.9 Å². The Kier molecular flexibility index (Phi) is 11.9. The van der Waals surface area contributed by atoms with Crippen LogP contribution in [-0.4, -0.2) is 94.5 Å². The van der Waals surface area contributed by atoms with E-state index in [1.54, 1.807) is 17.1 Å². The Bertz CT molecular complexity index is 1500. The molecule has 4 rings (SSSR count). The van der Waals surface area contributed by atoms with E-state index in [0.717, 1.165) is 35.9 Å². The number of ether oxygens (including phenoxy) is 1. The summed E-state index contributed by atoms with van der Waals surface area (Å²) in [6.45, 7) is 8.62. The lowest BCUT2D eigenvalue weighted by molar-refractivity contribution is -0.167. The molecular weight excluding hydrogens is 584 g/mol. The zero-order valence-electron chi connectivity index (χ0n) is 26.1. The van der Waals surface area contributed by atoms with E-state index < -0.39 is 36.2 Å². The molecule has 0 aliphatic carbocycles. The van der Waals surface area contributed by atoms with Crippen molar-refractivity contribution < 1.29 is 39.2 Å². The van der Waals surface area contributed by atoms with Gasteiger partial charge in [0.05, 0.1) is 36.2 Å². The number of likely N-dealkylation sites (tertiary alicyclic amines) is 1. The maximum Gasteiger partial charge on any atom is 0.336 e. The number of hydrogen-bond donors (Lipinski definition) is 4. The van der Waals surface area contributed by atoms with Gasteiger partial charge in [0.1, 0.15) is 5.78 Å². The first-order valence-electron chi connectivity index (χ1n) is 14.4. The Morgan fingerprint density at radius 3 is 2.40 bits per heavy atom. The van der Waals surface area contributed by atoms with Gasteiger partial charge in [-0.2, -0.15) is 5.10 Å². The lowest BCUT2D eigenvalue weighted by Crippen LogP contribution is -2.55. The lowest BCUT2D eigenvalue weighted by Gasteiger charge is -2.40. The number of benzene rings is 1. The van der Waals surface area contributed by atoms with Crippen LogP contribution in [0.5, 0.6) is 0 Å². The van der Waals surface area contributed by atoms with E-state index in [2.05, 4.69) is 45.5 Å². The summed E-state index contributed by atoms with van der Waals surface area (Å²) >= 11 is 0. The van der Waals surface area contributed by atoms with E-state index in [0.29, 0.717) is 25.5 Å². The Balaban J connectivity index is 0.000000360. The number of anilines is 2. The maximum atomic E-state index is 12.5. The highest BCUT2D eigenvalue weighted by atomic mass is 16.5. The first-order chi connectivity index (χ1) is 21.1. The van der Waals surface area contributed by atoms with Gasteiger partial charge in [-0.15, -0.1) is 0 Å². The number of hydrogen-bond acceptors (Lipinski definition) is 10. The van der Waals surface area contributed by atoms with Crippen molar-refractivity contribution in [3.05, 3.63) is 54.0 Å². The van der Waals surface area contributed by atoms with Crippen molar-refractivity contribution in [1.29, 1.82) is 0 Å². The number of Topliss-reactive ketones (excluding diaryl/α,β-unsaturated/α-hetero) is 1. The molecule has 4 N–H and O–H groups in total. The van der Waals surface area contributed by atoms with E-state index in [1.165, 1.54) is 5.56 Å². The summed E-state index contributed by atoms with van der Waals surface area (Å²) in [6, 6.07) is 8.16. The lowest BCUT2D eigenvalue weighted by atomic mass is 9.94. The Morgan fingerprint density at radius 1 is 1.13 bits per heavy atom. The first-order valence-corrected chi connectivity index (χ1v) is 14.4. The van der Waals surface area contributed by atoms with Crippen LogP contribution in [0.4, 0.5) is 11.6 Å². The molecule has 1 fully saturated rings. The van der Waals surface area contributed by atoms with Gasteiger partial charge < -0.3 is 30.3 Å². The number of carboxylic acids is 2. The smallest absolute Gasteiger partial charge is 0.336 e. The topological polar surface area (TPSA) is 197 Å². The van der Waals surface area contributed by atoms with E-state index in [-0.39, 0.29) is 18.1 Å². The number of nitrogens with zero attached hydrogens (tertiary/aromatic N) is 5. The summed E-state index contributed by atoms with van der Waals surface area (Å²) in [5.41, 5.74) is 2.54.